The van der Waals surface area contributed by atoms with Gasteiger partial charge in [-0.15, -0.1) is 0 Å². The van der Waals surface area contributed by atoms with Crippen molar-refractivity contribution in [1.29, 1.82) is 5.26 Å². The number of nitriles is 1. The van der Waals surface area contributed by atoms with Gasteiger partial charge >= 0.3 is 0 Å². The Morgan fingerprint density at radius 2 is 2.00 bits per heavy atom. The third kappa shape index (κ3) is 4.02. The Bertz CT molecular complexity index is 1160. The van der Waals surface area contributed by atoms with Crippen LogP contribution in [0.15, 0.2) is 36.8 Å². The van der Waals surface area contributed by atoms with E-state index in [1.165, 1.54) is 6.42 Å². The molecule has 4 aliphatic heterocycles. The van der Waals surface area contributed by atoms with Crippen molar-refractivity contribution < 1.29 is 9.47 Å². The van der Waals surface area contributed by atoms with Crippen molar-refractivity contribution in [2.45, 2.75) is 18.5 Å². The van der Waals surface area contributed by atoms with Gasteiger partial charge in [0.2, 0.25) is 0 Å². The minimum absolute atomic E-state index is 0.538. The number of piperazine rings is 1. The van der Waals surface area contributed by atoms with Crippen LogP contribution in [0.5, 0.6) is 5.75 Å². The second kappa shape index (κ2) is 8.63. The van der Waals surface area contributed by atoms with E-state index in [0.29, 0.717) is 24.3 Å². The number of aromatic nitrogens is 3. The molecule has 4 saturated heterocycles. The molecule has 3 aromatic rings. The molecule has 3 aromatic heterocycles. The second-order valence-electron chi connectivity index (χ2n) is 8.96. The lowest BCUT2D eigenvalue weighted by molar-refractivity contribution is 0.0322. The fourth-order valence-electron chi connectivity index (χ4n) is 5.03. The number of nitrogens with one attached hydrogen (secondary N) is 1. The molecule has 0 aromatic carbocycles. The minimum Gasteiger partial charge on any atom is -0.491 e. The molecule has 0 spiro atoms. The largest absolute Gasteiger partial charge is 0.491 e. The summed E-state index contributed by atoms with van der Waals surface area (Å²) >= 11 is 0. The molecular weight excluding hydrogens is 418 g/mol. The smallest absolute Gasteiger partial charge is 0.138 e. The Morgan fingerprint density at radius 3 is 2.73 bits per heavy atom. The first kappa shape index (κ1) is 20.4. The fraction of sp³-hybridized carbons (Fsp3) is 0.458. The molecule has 33 heavy (non-hydrogen) atoms. The molecule has 7 rings (SSSR count). The maximum atomic E-state index is 9.62. The summed E-state index contributed by atoms with van der Waals surface area (Å²) in [5.74, 6) is 1.72. The molecule has 9 nitrogen and oxygen atoms in total. The van der Waals surface area contributed by atoms with Gasteiger partial charge in [0, 0.05) is 62.1 Å². The van der Waals surface area contributed by atoms with Crippen LogP contribution in [0.3, 0.4) is 0 Å². The predicted octanol–water partition coefficient (Wildman–Crippen LogP) is 1.53. The molecule has 2 bridgehead atoms. The van der Waals surface area contributed by atoms with Crippen molar-refractivity contribution >= 4 is 11.3 Å². The summed E-state index contributed by atoms with van der Waals surface area (Å²) in [6, 6.07) is 9.58. The van der Waals surface area contributed by atoms with Crippen LogP contribution in [0.4, 0.5) is 5.82 Å². The van der Waals surface area contributed by atoms with E-state index >= 15 is 0 Å². The molecular formula is C24H27N7O2. The van der Waals surface area contributed by atoms with Crippen molar-refractivity contribution in [3.05, 3.63) is 42.4 Å². The standard InChI is InChI=1S/C24H27N7O2/c25-11-18-13-27-31-16-21(33-8-5-29-3-6-32-7-4-29)10-22(24(18)31)17-1-2-23(26-12-17)30-14-19-9-20(15-30)28-19/h1-2,10,12-13,16,19-20,28H,3-9,14-15H2. The third-order valence-corrected chi connectivity index (χ3v) is 6.79. The predicted molar refractivity (Wildman–Crippen MR) is 123 cm³/mol. The Balaban J connectivity index is 1.25. The zero-order chi connectivity index (χ0) is 22.2. The van der Waals surface area contributed by atoms with E-state index in [0.717, 1.165) is 74.1 Å². The van der Waals surface area contributed by atoms with Gasteiger partial charge in [-0.25, -0.2) is 9.50 Å². The number of pyridine rings is 2. The molecule has 1 N–H and O–H groups in total. The quantitative estimate of drug-likeness (QED) is 0.611. The number of hydrogen-bond acceptors (Lipinski definition) is 8. The lowest BCUT2D eigenvalue weighted by Crippen LogP contribution is -2.67. The molecule has 0 radical (unpaired) electrons. The third-order valence-electron chi connectivity index (χ3n) is 6.79. The van der Waals surface area contributed by atoms with Crippen molar-refractivity contribution in [1.82, 2.24) is 24.8 Å². The van der Waals surface area contributed by atoms with Crippen LogP contribution in [0.25, 0.3) is 16.6 Å². The minimum atomic E-state index is 0.538. The first-order valence-corrected chi connectivity index (χ1v) is 11.6. The van der Waals surface area contributed by atoms with Gasteiger partial charge in [0.1, 0.15) is 24.2 Å². The molecule has 0 saturated carbocycles. The van der Waals surface area contributed by atoms with Crippen LogP contribution >= 0.6 is 0 Å². The number of piperidine rings is 1. The molecule has 4 aliphatic rings. The number of nitrogens with zero attached hydrogens (tertiary/aromatic N) is 6. The van der Waals surface area contributed by atoms with E-state index in [2.05, 4.69) is 38.4 Å². The summed E-state index contributed by atoms with van der Waals surface area (Å²) < 4.78 is 13.2. The second-order valence-corrected chi connectivity index (χ2v) is 8.96. The van der Waals surface area contributed by atoms with Crippen LogP contribution in [-0.2, 0) is 4.74 Å². The number of fused-ring (bicyclic) bond motifs is 3. The molecule has 0 aliphatic carbocycles. The van der Waals surface area contributed by atoms with E-state index in [-0.39, 0.29) is 0 Å². The first-order valence-electron chi connectivity index (χ1n) is 11.6. The fourth-order valence-corrected chi connectivity index (χ4v) is 5.03. The monoisotopic (exact) mass is 445 g/mol. The Kier molecular flexibility index (Phi) is 5.34. The SMILES string of the molecule is N#Cc1cnn2cc(OCCN3CCOCC3)cc(-c3ccc(N4CC5CC(C4)N5)nc3)c12. The summed E-state index contributed by atoms with van der Waals surface area (Å²) in [5.41, 5.74) is 3.15. The highest BCUT2D eigenvalue weighted by atomic mass is 16.5. The Labute approximate surface area is 192 Å². The van der Waals surface area contributed by atoms with E-state index in [9.17, 15) is 5.26 Å². The first-order chi connectivity index (χ1) is 16.3. The van der Waals surface area contributed by atoms with Crippen LogP contribution in [0.2, 0.25) is 0 Å². The van der Waals surface area contributed by atoms with Crippen LogP contribution in [0, 0.1) is 11.3 Å². The molecule has 170 valence electrons. The summed E-state index contributed by atoms with van der Waals surface area (Å²) in [6.07, 6.45) is 6.60. The van der Waals surface area contributed by atoms with Gasteiger partial charge in [-0.05, 0) is 24.6 Å². The summed E-state index contributed by atoms with van der Waals surface area (Å²) in [6.45, 7) is 6.86. The van der Waals surface area contributed by atoms with Gasteiger partial charge in [0.15, 0.2) is 0 Å². The molecule has 2 atom stereocenters. The molecule has 9 heteroatoms. The van der Waals surface area contributed by atoms with Crippen molar-refractivity contribution in [3.63, 3.8) is 0 Å². The van der Waals surface area contributed by atoms with Gasteiger partial charge in [0.05, 0.1) is 36.7 Å². The number of anilines is 1. The van der Waals surface area contributed by atoms with Gasteiger partial charge < -0.3 is 19.7 Å². The Hall–Kier alpha value is -3.19. The van der Waals surface area contributed by atoms with Gasteiger partial charge in [-0.1, -0.05) is 0 Å². The average Bonchev–Trinajstić information content (AvgIpc) is 3.27. The average molecular weight is 446 g/mol. The Morgan fingerprint density at radius 1 is 1.18 bits per heavy atom. The number of hydrogen-bond donors (Lipinski definition) is 1. The maximum Gasteiger partial charge on any atom is 0.138 e. The maximum absolute atomic E-state index is 9.62. The van der Waals surface area contributed by atoms with Crippen LogP contribution in [0.1, 0.15) is 12.0 Å². The molecule has 2 unspecified atom stereocenters. The van der Waals surface area contributed by atoms with Gasteiger partial charge in [0.25, 0.3) is 0 Å². The summed E-state index contributed by atoms with van der Waals surface area (Å²) in [4.78, 5) is 9.45. The van der Waals surface area contributed by atoms with Crippen molar-refractivity contribution in [3.8, 4) is 22.9 Å². The van der Waals surface area contributed by atoms with E-state index in [1.807, 2.05) is 18.5 Å². The molecule has 0 amide bonds. The molecule has 4 fully saturated rings. The topological polar surface area (TPSA) is 91.0 Å². The van der Waals surface area contributed by atoms with Gasteiger partial charge in [-0.3, -0.25) is 4.90 Å². The normalized spacial score (nSPS) is 22.7. The number of ether oxygens (including phenoxy) is 2. The van der Waals surface area contributed by atoms with Crippen LogP contribution < -0.4 is 15.0 Å². The highest BCUT2D eigenvalue weighted by Crippen LogP contribution is 2.32. The molecule has 7 heterocycles. The zero-order valence-electron chi connectivity index (χ0n) is 18.5. The van der Waals surface area contributed by atoms with Gasteiger partial charge in [-0.2, -0.15) is 10.4 Å². The van der Waals surface area contributed by atoms with Crippen molar-refractivity contribution in [2.24, 2.45) is 0 Å². The highest BCUT2D eigenvalue weighted by molar-refractivity contribution is 5.85. The zero-order valence-corrected chi connectivity index (χ0v) is 18.5. The summed E-state index contributed by atoms with van der Waals surface area (Å²) in [5, 5.41) is 17.6. The number of rotatable bonds is 6. The van der Waals surface area contributed by atoms with E-state index in [4.69, 9.17) is 14.5 Å². The van der Waals surface area contributed by atoms with E-state index in [1.54, 1.807) is 10.7 Å². The summed E-state index contributed by atoms with van der Waals surface area (Å²) in [7, 11) is 0. The highest BCUT2D eigenvalue weighted by Gasteiger charge is 2.36. The van der Waals surface area contributed by atoms with Crippen LogP contribution in [-0.4, -0.2) is 84.1 Å². The lowest BCUT2D eigenvalue weighted by atomic mass is 9.91. The lowest BCUT2D eigenvalue weighted by Gasteiger charge is -2.48. The van der Waals surface area contributed by atoms with Crippen molar-refractivity contribution in [2.75, 3.05) is 57.4 Å². The van der Waals surface area contributed by atoms with E-state index < -0.39 is 0 Å². The number of morpholine rings is 1.